The molecule has 0 aromatic carbocycles. The summed E-state index contributed by atoms with van der Waals surface area (Å²) in [7, 11) is 0. The molecule has 2 amide bonds. The quantitative estimate of drug-likeness (QED) is 0.766. The summed E-state index contributed by atoms with van der Waals surface area (Å²) in [5.41, 5.74) is 0. The van der Waals surface area contributed by atoms with E-state index < -0.39 is 0 Å². The third-order valence-electron chi connectivity index (χ3n) is 5.29. The van der Waals surface area contributed by atoms with Crippen LogP contribution in [0.15, 0.2) is 0 Å². The average Bonchev–Trinajstić information content (AvgIpc) is 3.29. The Morgan fingerprint density at radius 1 is 1.10 bits per heavy atom. The van der Waals surface area contributed by atoms with Gasteiger partial charge in [0.15, 0.2) is 0 Å². The summed E-state index contributed by atoms with van der Waals surface area (Å²) in [5, 5.41) is 0. The van der Waals surface area contributed by atoms with Crippen LogP contribution in [-0.2, 0) is 14.3 Å². The Bertz CT molecular complexity index is 452. The molecule has 6 heteroatoms. The van der Waals surface area contributed by atoms with Crippen molar-refractivity contribution in [3.8, 4) is 0 Å². The van der Waals surface area contributed by atoms with Gasteiger partial charge in [-0.3, -0.25) is 9.59 Å². The number of ether oxygens (including phenoxy) is 1. The van der Waals surface area contributed by atoms with Crippen molar-refractivity contribution in [3.05, 3.63) is 0 Å². The fourth-order valence-electron chi connectivity index (χ4n) is 4.12. The molecule has 116 valence electrons. The zero-order valence-corrected chi connectivity index (χ0v) is 13.0. The van der Waals surface area contributed by atoms with Crippen molar-refractivity contribution in [2.45, 2.75) is 50.4 Å². The number of likely N-dealkylation sites (tertiary alicyclic amines) is 1. The maximum atomic E-state index is 12.8. The summed E-state index contributed by atoms with van der Waals surface area (Å²) in [6.07, 6.45) is 5.55. The normalized spacial score (nSPS) is 38.5. The lowest BCUT2D eigenvalue weighted by atomic mass is 9.88. The maximum absolute atomic E-state index is 12.8. The second kappa shape index (κ2) is 5.47. The summed E-state index contributed by atoms with van der Waals surface area (Å²) in [4.78, 5) is 29.2. The van der Waals surface area contributed by atoms with Gasteiger partial charge in [-0.25, -0.2) is 0 Å². The number of rotatable bonds is 2. The van der Waals surface area contributed by atoms with E-state index in [2.05, 4.69) is 0 Å². The Morgan fingerprint density at radius 2 is 1.90 bits per heavy atom. The van der Waals surface area contributed by atoms with Gasteiger partial charge in [0.25, 0.3) is 0 Å². The number of hydrogen-bond acceptors (Lipinski definition) is 4. The molecule has 21 heavy (non-hydrogen) atoms. The number of amides is 2. The Morgan fingerprint density at radius 3 is 2.57 bits per heavy atom. The van der Waals surface area contributed by atoms with Gasteiger partial charge in [0.05, 0.1) is 24.0 Å². The van der Waals surface area contributed by atoms with Gasteiger partial charge >= 0.3 is 0 Å². The SMILES string of the molecule is O=C([C@@H]1CSCN1C(=O)[C@H]1C[C@H]2CC[C@H]1O2)N1CCCC1. The van der Waals surface area contributed by atoms with Gasteiger partial charge in [-0.15, -0.1) is 11.8 Å². The molecule has 0 saturated carbocycles. The highest BCUT2D eigenvalue weighted by atomic mass is 32.2. The van der Waals surface area contributed by atoms with Crippen LogP contribution in [0.1, 0.15) is 32.1 Å². The summed E-state index contributed by atoms with van der Waals surface area (Å²) < 4.78 is 5.81. The van der Waals surface area contributed by atoms with Crippen LogP contribution >= 0.6 is 11.8 Å². The number of carbonyl (C=O) groups is 2. The van der Waals surface area contributed by atoms with Crippen molar-refractivity contribution in [1.29, 1.82) is 0 Å². The molecule has 0 spiro atoms. The van der Waals surface area contributed by atoms with Gasteiger partial charge in [-0.1, -0.05) is 0 Å². The highest BCUT2D eigenvalue weighted by Gasteiger charge is 2.48. The molecule has 4 atom stereocenters. The van der Waals surface area contributed by atoms with E-state index >= 15 is 0 Å². The predicted octanol–water partition coefficient (Wildman–Crippen LogP) is 1.08. The lowest BCUT2D eigenvalue weighted by Gasteiger charge is -2.30. The average molecular weight is 310 g/mol. The van der Waals surface area contributed by atoms with Crippen LogP contribution < -0.4 is 0 Å². The molecule has 4 saturated heterocycles. The molecule has 4 fully saturated rings. The summed E-state index contributed by atoms with van der Waals surface area (Å²) >= 11 is 1.70. The van der Waals surface area contributed by atoms with Gasteiger partial charge in [0, 0.05) is 18.8 Å². The highest BCUT2D eigenvalue weighted by molar-refractivity contribution is 7.99. The van der Waals surface area contributed by atoms with Crippen molar-refractivity contribution >= 4 is 23.6 Å². The van der Waals surface area contributed by atoms with Gasteiger partial charge in [0.1, 0.15) is 6.04 Å². The predicted molar refractivity (Wildman–Crippen MR) is 79.8 cm³/mol. The fraction of sp³-hybridized carbons (Fsp3) is 0.867. The molecular weight excluding hydrogens is 288 g/mol. The Hall–Kier alpha value is -0.750. The van der Waals surface area contributed by atoms with Crippen molar-refractivity contribution in [2.24, 2.45) is 5.92 Å². The zero-order chi connectivity index (χ0) is 14.4. The van der Waals surface area contributed by atoms with Crippen LogP contribution in [0.2, 0.25) is 0 Å². The summed E-state index contributed by atoms with van der Waals surface area (Å²) in [6.45, 7) is 1.72. The topological polar surface area (TPSA) is 49.9 Å². The smallest absolute Gasteiger partial charge is 0.246 e. The molecule has 0 unspecified atom stereocenters. The maximum Gasteiger partial charge on any atom is 0.246 e. The first-order chi connectivity index (χ1) is 10.2. The fourth-order valence-corrected chi connectivity index (χ4v) is 5.28. The Labute approximate surface area is 129 Å². The Kier molecular flexibility index (Phi) is 3.61. The minimum absolute atomic E-state index is 0.00340. The van der Waals surface area contributed by atoms with Crippen LogP contribution in [0.5, 0.6) is 0 Å². The van der Waals surface area contributed by atoms with Crippen LogP contribution in [0, 0.1) is 5.92 Å². The molecule has 2 bridgehead atoms. The minimum atomic E-state index is -0.236. The first-order valence-corrected chi connectivity index (χ1v) is 9.22. The van der Waals surface area contributed by atoms with E-state index in [1.165, 1.54) is 0 Å². The first kappa shape index (κ1) is 13.9. The van der Waals surface area contributed by atoms with Crippen LogP contribution in [0.4, 0.5) is 0 Å². The third-order valence-corrected chi connectivity index (χ3v) is 6.30. The van der Waals surface area contributed by atoms with E-state index in [1.54, 1.807) is 11.8 Å². The highest BCUT2D eigenvalue weighted by Crippen LogP contribution is 2.40. The standard InChI is InChI=1S/C15H22N2O3S/c18-14(11-7-10-3-4-13(11)20-10)17-9-21-8-12(17)15(19)16-5-1-2-6-16/h10-13H,1-9H2/t10-,11+,12+,13-/m1/s1. The number of nitrogens with zero attached hydrogens (tertiary/aromatic N) is 2. The molecule has 0 N–H and O–H groups in total. The van der Waals surface area contributed by atoms with Crippen LogP contribution in [0.25, 0.3) is 0 Å². The molecule has 0 aromatic heterocycles. The van der Waals surface area contributed by atoms with Crippen molar-refractivity contribution < 1.29 is 14.3 Å². The monoisotopic (exact) mass is 310 g/mol. The van der Waals surface area contributed by atoms with Crippen molar-refractivity contribution in [3.63, 3.8) is 0 Å². The number of thioether (sulfide) groups is 1. The second-order valence-electron chi connectivity index (χ2n) is 6.57. The van der Waals surface area contributed by atoms with E-state index in [9.17, 15) is 9.59 Å². The third kappa shape index (κ3) is 2.36. The molecule has 5 nitrogen and oxygen atoms in total. The first-order valence-electron chi connectivity index (χ1n) is 8.06. The molecule has 0 radical (unpaired) electrons. The lowest BCUT2D eigenvalue weighted by molar-refractivity contribution is -0.146. The van der Waals surface area contributed by atoms with E-state index in [1.807, 2.05) is 9.80 Å². The zero-order valence-electron chi connectivity index (χ0n) is 12.2. The van der Waals surface area contributed by atoms with Crippen molar-refractivity contribution in [2.75, 3.05) is 24.7 Å². The lowest BCUT2D eigenvalue weighted by Crippen LogP contribution is -2.50. The van der Waals surface area contributed by atoms with E-state index in [0.29, 0.717) is 5.88 Å². The number of carbonyl (C=O) groups excluding carboxylic acids is 2. The van der Waals surface area contributed by atoms with Gasteiger partial charge in [-0.2, -0.15) is 0 Å². The molecule has 0 aliphatic carbocycles. The van der Waals surface area contributed by atoms with E-state index in [-0.39, 0.29) is 36.0 Å². The van der Waals surface area contributed by atoms with Crippen molar-refractivity contribution in [1.82, 2.24) is 9.80 Å². The van der Waals surface area contributed by atoms with Gasteiger partial charge < -0.3 is 14.5 Å². The second-order valence-corrected chi connectivity index (χ2v) is 7.57. The minimum Gasteiger partial charge on any atom is -0.374 e. The molecule has 4 rings (SSSR count). The summed E-state index contributed by atoms with van der Waals surface area (Å²) in [5.74, 6) is 1.73. The Balaban J connectivity index is 1.45. The summed E-state index contributed by atoms with van der Waals surface area (Å²) in [6, 6.07) is -0.236. The molecule has 0 aromatic rings. The van der Waals surface area contributed by atoms with Crippen LogP contribution in [0.3, 0.4) is 0 Å². The van der Waals surface area contributed by atoms with Gasteiger partial charge in [-0.05, 0) is 32.1 Å². The number of hydrogen-bond donors (Lipinski definition) is 0. The van der Waals surface area contributed by atoms with Crippen LogP contribution in [-0.4, -0.2) is 64.6 Å². The van der Waals surface area contributed by atoms with E-state index in [4.69, 9.17) is 4.74 Å². The molecule has 4 heterocycles. The molecular formula is C15H22N2O3S. The molecule has 4 aliphatic heterocycles. The molecule has 4 aliphatic rings. The van der Waals surface area contributed by atoms with Gasteiger partial charge in [0.2, 0.25) is 11.8 Å². The van der Waals surface area contributed by atoms with E-state index in [0.717, 1.165) is 50.9 Å². The number of fused-ring (bicyclic) bond motifs is 2. The largest absolute Gasteiger partial charge is 0.374 e.